The van der Waals surface area contributed by atoms with Gasteiger partial charge in [0.05, 0.1) is 23.0 Å². The SMILES string of the molecule is CC1CCCCN1CCCNc1cc(C#N)ccc1N. The Morgan fingerprint density at radius 1 is 1.45 bits per heavy atom. The maximum atomic E-state index is 8.90. The van der Waals surface area contributed by atoms with Gasteiger partial charge in [-0.15, -0.1) is 0 Å². The first-order valence-electron chi connectivity index (χ1n) is 7.48. The Morgan fingerprint density at radius 3 is 3.05 bits per heavy atom. The van der Waals surface area contributed by atoms with Crippen LogP contribution in [0.4, 0.5) is 11.4 Å². The molecule has 0 radical (unpaired) electrons. The molecule has 1 unspecified atom stereocenters. The van der Waals surface area contributed by atoms with Gasteiger partial charge in [-0.2, -0.15) is 5.26 Å². The van der Waals surface area contributed by atoms with E-state index in [0.29, 0.717) is 11.3 Å². The lowest BCUT2D eigenvalue weighted by Gasteiger charge is -2.33. The van der Waals surface area contributed by atoms with Crippen LogP contribution in [0.15, 0.2) is 18.2 Å². The van der Waals surface area contributed by atoms with E-state index in [2.05, 4.69) is 23.2 Å². The second kappa shape index (κ2) is 7.16. The number of rotatable bonds is 5. The summed E-state index contributed by atoms with van der Waals surface area (Å²) in [6.07, 6.45) is 5.12. The van der Waals surface area contributed by atoms with Crippen molar-refractivity contribution in [1.82, 2.24) is 4.90 Å². The predicted octanol–water partition coefficient (Wildman–Crippen LogP) is 2.82. The average Bonchev–Trinajstić information content (AvgIpc) is 2.47. The van der Waals surface area contributed by atoms with Gasteiger partial charge in [-0.1, -0.05) is 6.42 Å². The molecule has 1 heterocycles. The zero-order chi connectivity index (χ0) is 14.4. The number of piperidine rings is 1. The summed E-state index contributed by atoms with van der Waals surface area (Å²) < 4.78 is 0. The van der Waals surface area contributed by atoms with Gasteiger partial charge in [0.25, 0.3) is 0 Å². The number of benzene rings is 1. The Kier molecular flexibility index (Phi) is 5.25. The van der Waals surface area contributed by atoms with Crippen LogP contribution in [0, 0.1) is 11.3 Å². The summed E-state index contributed by atoms with van der Waals surface area (Å²) in [7, 11) is 0. The molecule has 1 aliphatic heterocycles. The van der Waals surface area contributed by atoms with Gasteiger partial charge in [-0.05, 0) is 50.9 Å². The van der Waals surface area contributed by atoms with E-state index in [-0.39, 0.29) is 0 Å². The number of anilines is 2. The Labute approximate surface area is 121 Å². The highest BCUT2D eigenvalue weighted by molar-refractivity contribution is 5.68. The summed E-state index contributed by atoms with van der Waals surface area (Å²) in [5, 5.41) is 12.2. The average molecular weight is 272 g/mol. The standard InChI is InChI=1S/C16H24N4/c1-13-5-2-3-9-20(13)10-4-8-19-16-11-14(12-17)6-7-15(16)18/h6-7,11,13,19H,2-5,8-10,18H2,1H3. The molecule has 0 aromatic heterocycles. The molecule has 0 aliphatic carbocycles. The monoisotopic (exact) mass is 272 g/mol. The van der Waals surface area contributed by atoms with Gasteiger partial charge in [0.2, 0.25) is 0 Å². The van der Waals surface area contributed by atoms with Crippen molar-refractivity contribution >= 4 is 11.4 Å². The molecule has 0 spiro atoms. The van der Waals surface area contributed by atoms with E-state index in [4.69, 9.17) is 11.0 Å². The normalized spacial score (nSPS) is 19.5. The van der Waals surface area contributed by atoms with Crippen molar-refractivity contribution in [2.24, 2.45) is 0 Å². The first-order chi connectivity index (χ1) is 9.70. The molecule has 1 aliphatic rings. The minimum atomic E-state index is 0.645. The van der Waals surface area contributed by atoms with Crippen LogP contribution in [0.25, 0.3) is 0 Å². The van der Waals surface area contributed by atoms with Crippen molar-refractivity contribution in [2.45, 2.75) is 38.6 Å². The number of likely N-dealkylation sites (tertiary alicyclic amines) is 1. The molecule has 1 saturated heterocycles. The molecule has 4 heteroatoms. The first kappa shape index (κ1) is 14.7. The Balaban J connectivity index is 1.77. The van der Waals surface area contributed by atoms with Gasteiger partial charge in [-0.3, -0.25) is 0 Å². The summed E-state index contributed by atoms with van der Waals surface area (Å²) in [6, 6.07) is 8.21. The Hall–Kier alpha value is -1.73. The number of nitrogens with two attached hydrogens (primary N) is 1. The third kappa shape index (κ3) is 3.88. The van der Waals surface area contributed by atoms with E-state index in [1.807, 2.05) is 6.07 Å². The topological polar surface area (TPSA) is 65.1 Å². The summed E-state index contributed by atoms with van der Waals surface area (Å²) >= 11 is 0. The highest BCUT2D eigenvalue weighted by Crippen LogP contribution is 2.20. The Morgan fingerprint density at radius 2 is 2.30 bits per heavy atom. The lowest BCUT2D eigenvalue weighted by molar-refractivity contribution is 0.160. The van der Waals surface area contributed by atoms with Crippen LogP contribution in [0.5, 0.6) is 0 Å². The molecule has 4 nitrogen and oxygen atoms in total. The number of nitriles is 1. The molecule has 3 N–H and O–H groups in total. The van der Waals surface area contributed by atoms with Gasteiger partial charge >= 0.3 is 0 Å². The molecular weight excluding hydrogens is 248 g/mol. The van der Waals surface area contributed by atoms with E-state index in [9.17, 15) is 0 Å². The van der Waals surface area contributed by atoms with Crippen molar-refractivity contribution in [2.75, 3.05) is 30.7 Å². The molecule has 0 saturated carbocycles. The number of hydrogen-bond donors (Lipinski definition) is 2. The highest BCUT2D eigenvalue weighted by atomic mass is 15.2. The molecule has 0 amide bonds. The van der Waals surface area contributed by atoms with Gasteiger partial charge in [0, 0.05) is 19.1 Å². The highest BCUT2D eigenvalue weighted by Gasteiger charge is 2.16. The van der Waals surface area contributed by atoms with Crippen molar-refractivity contribution in [3.8, 4) is 6.07 Å². The lowest BCUT2D eigenvalue weighted by Crippen LogP contribution is -2.38. The molecular formula is C16H24N4. The zero-order valence-electron chi connectivity index (χ0n) is 12.2. The van der Waals surface area contributed by atoms with Crippen LogP contribution < -0.4 is 11.1 Å². The first-order valence-corrected chi connectivity index (χ1v) is 7.48. The van der Waals surface area contributed by atoms with Gasteiger partial charge in [0.1, 0.15) is 0 Å². The van der Waals surface area contributed by atoms with Crippen molar-refractivity contribution in [1.29, 1.82) is 5.26 Å². The quantitative estimate of drug-likeness (QED) is 0.639. The maximum absolute atomic E-state index is 8.90. The number of hydrogen-bond acceptors (Lipinski definition) is 4. The molecule has 0 bridgehead atoms. The van der Waals surface area contributed by atoms with Gasteiger partial charge < -0.3 is 16.0 Å². The fraction of sp³-hybridized carbons (Fsp3) is 0.562. The third-order valence-corrected chi connectivity index (χ3v) is 4.06. The second-order valence-corrected chi connectivity index (χ2v) is 5.57. The predicted molar refractivity (Wildman–Crippen MR) is 83.6 cm³/mol. The van der Waals surface area contributed by atoms with Gasteiger partial charge in [-0.25, -0.2) is 0 Å². The maximum Gasteiger partial charge on any atom is 0.0992 e. The second-order valence-electron chi connectivity index (χ2n) is 5.57. The summed E-state index contributed by atoms with van der Waals surface area (Å²) in [6.45, 7) is 5.57. The molecule has 1 aromatic carbocycles. The number of nitrogens with one attached hydrogen (secondary N) is 1. The minimum Gasteiger partial charge on any atom is -0.397 e. The van der Waals surface area contributed by atoms with Crippen LogP contribution in [-0.4, -0.2) is 30.6 Å². The van der Waals surface area contributed by atoms with Crippen LogP contribution in [-0.2, 0) is 0 Å². The van der Waals surface area contributed by atoms with Gasteiger partial charge in [0.15, 0.2) is 0 Å². The molecule has 1 aromatic rings. The smallest absolute Gasteiger partial charge is 0.0992 e. The van der Waals surface area contributed by atoms with Crippen LogP contribution in [0.1, 0.15) is 38.2 Å². The summed E-state index contributed by atoms with van der Waals surface area (Å²) in [5.41, 5.74) is 8.13. The zero-order valence-corrected chi connectivity index (χ0v) is 12.2. The van der Waals surface area contributed by atoms with Crippen LogP contribution in [0.2, 0.25) is 0 Å². The van der Waals surface area contributed by atoms with Crippen molar-refractivity contribution in [3.05, 3.63) is 23.8 Å². The molecule has 2 rings (SSSR count). The number of nitrogens with zero attached hydrogens (tertiary/aromatic N) is 2. The fourth-order valence-corrected chi connectivity index (χ4v) is 2.77. The van der Waals surface area contributed by atoms with E-state index >= 15 is 0 Å². The molecule has 1 atom stereocenters. The largest absolute Gasteiger partial charge is 0.397 e. The van der Waals surface area contributed by atoms with E-state index in [0.717, 1.165) is 31.2 Å². The van der Waals surface area contributed by atoms with E-state index in [1.54, 1.807) is 12.1 Å². The summed E-state index contributed by atoms with van der Waals surface area (Å²) in [5.74, 6) is 0. The lowest BCUT2D eigenvalue weighted by atomic mass is 10.0. The Bertz CT molecular complexity index is 478. The molecule has 1 fully saturated rings. The third-order valence-electron chi connectivity index (χ3n) is 4.06. The van der Waals surface area contributed by atoms with Crippen LogP contribution in [0.3, 0.4) is 0 Å². The van der Waals surface area contributed by atoms with Crippen LogP contribution >= 0.6 is 0 Å². The number of nitrogen functional groups attached to an aromatic ring is 1. The van der Waals surface area contributed by atoms with E-state index < -0.39 is 0 Å². The summed E-state index contributed by atoms with van der Waals surface area (Å²) in [4.78, 5) is 2.57. The van der Waals surface area contributed by atoms with Crippen molar-refractivity contribution in [3.63, 3.8) is 0 Å². The molecule has 108 valence electrons. The van der Waals surface area contributed by atoms with Crippen molar-refractivity contribution < 1.29 is 0 Å². The van der Waals surface area contributed by atoms with E-state index in [1.165, 1.54) is 25.8 Å². The minimum absolute atomic E-state index is 0.645. The molecule has 20 heavy (non-hydrogen) atoms. The fourth-order valence-electron chi connectivity index (χ4n) is 2.77.